The van der Waals surface area contributed by atoms with Crippen LogP contribution in [0.4, 0.5) is 4.39 Å². The zero-order valence-electron chi connectivity index (χ0n) is 22.5. The van der Waals surface area contributed by atoms with Crippen LogP contribution < -0.4 is 0 Å². The summed E-state index contributed by atoms with van der Waals surface area (Å²) in [6, 6.07) is 0. The molecule has 3 rings (SSSR count). The van der Waals surface area contributed by atoms with Crippen molar-refractivity contribution < 1.29 is 19.0 Å². The molecule has 5 nitrogen and oxygen atoms in total. The molecule has 0 atom stereocenters. The van der Waals surface area contributed by atoms with Crippen LogP contribution in [-0.2, 0) is 16.1 Å². The van der Waals surface area contributed by atoms with Gasteiger partial charge < -0.3 is 14.4 Å². The number of hydrogen-bond acceptors (Lipinski definition) is 3. The summed E-state index contributed by atoms with van der Waals surface area (Å²) in [7, 11) is 0. The van der Waals surface area contributed by atoms with E-state index in [0.717, 1.165) is 11.1 Å². The molecule has 40 heavy (non-hydrogen) atoms. The van der Waals surface area contributed by atoms with E-state index in [1.165, 1.54) is 0 Å². The zero-order chi connectivity index (χ0) is 28.9. The van der Waals surface area contributed by atoms with Crippen LogP contribution in [0.15, 0.2) is 113 Å². The number of carbonyl (C=O) groups is 1. The molecule has 0 spiro atoms. The fourth-order valence-corrected chi connectivity index (χ4v) is 4.52. The number of alkyl halides is 1. The fraction of sp³-hybridized carbons (Fsp3) is 0.250. The van der Waals surface area contributed by atoms with E-state index >= 15 is 4.39 Å². The molecule has 210 valence electrons. The molecule has 1 aromatic heterocycles. The van der Waals surface area contributed by atoms with Crippen molar-refractivity contribution in [2.75, 3.05) is 12.5 Å². The van der Waals surface area contributed by atoms with Crippen LogP contribution in [-0.4, -0.2) is 33.1 Å². The quantitative estimate of drug-likeness (QED) is 0.144. The van der Waals surface area contributed by atoms with E-state index in [2.05, 4.69) is 6.58 Å². The van der Waals surface area contributed by atoms with Crippen molar-refractivity contribution in [1.29, 1.82) is 0 Å². The molecule has 0 bridgehead atoms. The largest absolute Gasteiger partial charge is 0.494 e. The van der Waals surface area contributed by atoms with E-state index in [1.807, 2.05) is 48.1 Å². The van der Waals surface area contributed by atoms with Gasteiger partial charge in [-0.3, -0.25) is 4.79 Å². The van der Waals surface area contributed by atoms with Gasteiger partial charge in [0.2, 0.25) is 0 Å². The molecule has 1 aromatic rings. The number of ether oxygens (including phenoxy) is 1. The molecule has 0 aliphatic heterocycles. The predicted molar refractivity (Wildman–Crippen MR) is 162 cm³/mol. The third kappa shape index (κ3) is 8.97. The Kier molecular flexibility index (Phi) is 12.3. The van der Waals surface area contributed by atoms with E-state index < -0.39 is 5.97 Å². The topological polar surface area (TPSA) is 64.3 Å². The van der Waals surface area contributed by atoms with E-state index in [1.54, 1.807) is 42.5 Å². The van der Waals surface area contributed by atoms with Crippen LogP contribution >= 0.6 is 23.2 Å². The summed E-state index contributed by atoms with van der Waals surface area (Å²) >= 11 is 12.2. The van der Waals surface area contributed by atoms with Gasteiger partial charge in [-0.25, -0.2) is 9.37 Å². The minimum absolute atomic E-state index is 0.0593. The standard InChI is InChI=1S/C32H33Cl2FN2O3/c1-3-8-27(28(34)18-19-33)30-22-37(4-2)31(36-30)17-15-24-13-12-23(14-16-29(24)35)25-9-5-6-10-26(21-25)40-20-7-11-32(38)39/h3,5,8-10,12-13,15-18,21-22H,1,4,6-7,11,14,19-20H2,2H3,(H,38,39)/b17-15+,27-8+,28-18+. The smallest absolute Gasteiger partial charge is 0.303 e. The molecule has 0 aromatic carbocycles. The van der Waals surface area contributed by atoms with Crippen LogP contribution in [0.3, 0.4) is 0 Å². The lowest BCUT2D eigenvalue weighted by Gasteiger charge is -2.09. The van der Waals surface area contributed by atoms with Crippen molar-refractivity contribution in [3.05, 3.63) is 124 Å². The Morgan fingerprint density at radius 3 is 2.85 bits per heavy atom. The maximum atomic E-state index is 15.1. The molecular weight excluding hydrogens is 550 g/mol. The van der Waals surface area contributed by atoms with Gasteiger partial charge in [0.1, 0.15) is 17.4 Å². The molecule has 0 fully saturated rings. The van der Waals surface area contributed by atoms with E-state index in [9.17, 15) is 4.79 Å². The molecule has 0 unspecified atom stereocenters. The number of nitrogens with zero attached hydrogens (tertiary/aromatic N) is 2. The number of hydrogen-bond donors (Lipinski definition) is 1. The van der Waals surface area contributed by atoms with Gasteiger partial charge in [-0.15, -0.1) is 11.6 Å². The lowest BCUT2D eigenvalue weighted by Crippen LogP contribution is -2.00. The minimum Gasteiger partial charge on any atom is -0.494 e. The third-order valence-electron chi connectivity index (χ3n) is 6.10. The van der Waals surface area contributed by atoms with Crippen molar-refractivity contribution in [3.63, 3.8) is 0 Å². The molecule has 1 heterocycles. The summed E-state index contributed by atoms with van der Waals surface area (Å²) in [6.45, 7) is 6.75. The second kappa shape index (κ2) is 15.8. The third-order valence-corrected chi connectivity index (χ3v) is 6.61. The lowest BCUT2D eigenvalue weighted by molar-refractivity contribution is -0.137. The highest BCUT2D eigenvalue weighted by atomic mass is 35.5. The highest BCUT2D eigenvalue weighted by Crippen LogP contribution is 2.29. The Balaban J connectivity index is 1.83. The first-order valence-electron chi connectivity index (χ1n) is 13.1. The Hall–Kier alpha value is -3.61. The normalized spacial score (nSPS) is 16.4. The summed E-state index contributed by atoms with van der Waals surface area (Å²) in [5, 5.41) is 9.30. The molecule has 0 saturated carbocycles. The first-order valence-corrected chi connectivity index (χ1v) is 14.0. The van der Waals surface area contributed by atoms with Crippen LogP contribution in [0, 0.1) is 0 Å². The number of allylic oxidation sites excluding steroid dienone is 17. The van der Waals surface area contributed by atoms with Crippen molar-refractivity contribution in [1.82, 2.24) is 9.55 Å². The summed E-state index contributed by atoms with van der Waals surface area (Å²) in [5.41, 5.74) is 3.66. The van der Waals surface area contributed by atoms with Crippen molar-refractivity contribution in [2.24, 2.45) is 0 Å². The van der Waals surface area contributed by atoms with Gasteiger partial charge in [0.15, 0.2) is 0 Å². The summed E-state index contributed by atoms with van der Waals surface area (Å²) < 4.78 is 22.8. The zero-order valence-corrected chi connectivity index (χ0v) is 24.0. The highest BCUT2D eigenvalue weighted by Gasteiger charge is 2.14. The number of rotatable bonds is 13. The van der Waals surface area contributed by atoms with Crippen LogP contribution in [0.25, 0.3) is 11.6 Å². The van der Waals surface area contributed by atoms with Gasteiger partial charge in [0, 0.05) is 41.2 Å². The Bertz CT molecular complexity index is 1380. The number of aromatic nitrogens is 2. The number of halogens is 3. The molecule has 2 aliphatic rings. The second-order valence-electron chi connectivity index (χ2n) is 8.89. The van der Waals surface area contributed by atoms with Gasteiger partial charge in [0.25, 0.3) is 0 Å². The Labute approximate surface area is 245 Å². The average Bonchev–Trinajstić information content (AvgIpc) is 3.06. The van der Waals surface area contributed by atoms with Crippen molar-refractivity contribution in [3.8, 4) is 0 Å². The fourth-order valence-electron chi connectivity index (χ4n) is 4.05. The first kappa shape index (κ1) is 30.9. The van der Waals surface area contributed by atoms with Crippen molar-refractivity contribution in [2.45, 2.75) is 39.2 Å². The minimum atomic E-state index is -0.845. The monoisotopic (exact) mass is 582 g/mol. The number of carboxylic acids is 1. The van der Waals surface area contributed by atoms with Gasteiger partial charge >= 0.3 is 5.97 Å². The average molecular weight is 584 g/mol. The molecule has 0 radical (unpaired) electrons. The maximum absolute atomic E-state index is 15.1. The van der Waals surface area contributed by atoms with Gasteiger partial charge in [0.05, 0.1) is 12.3 Å². The number of aliphatic carboxylic acids is 1. The van der Waals surface area contributed by atoms with Crippen LogP contribution in [0.5, 0.6) is 0 Å². The Morgan fingerprint density at radius 2 is 2.12 bits per heavy atom. The molecule has 2 aliphatic carbocycles. The number of carboxylic acid groups (broad SMARTS) is 1. The van der Waals surface area contributed by atoms with E-state index in [-0.39, 0.29) is 18.1 Å². The molecule has 8 heteroatoms. The lowest BCUT2D eigenvalue weighted by atomic mass is 10.0. The second-order valence-corrected chi connectivity index (χ2v) is 9.60. The van der Waals surface area contributed by atoms with Gasteiger partial charge in [-0.05, 0) is 67.7 Å². The first-order chi connectivity index (χ1) is 19.4. The highest BCUT2D eigenvalue weighted by molar-refractivity contribution is 6.37. The predicted octanol–water partition coefficient (Wildman–Crippen LogP) is 8.61. The van der Waals surface area contributed by atoms with Crippen molar-refractivity contribution >= 4 is 40.8 Å². The Morgan fingerprint density at radius 1 is 1.30 bits per heavy atom. The van der Waals surface area contributed by atoms with Crippen LogP contribution in [0.2, 0.25) is 0 Å². The molecule has 1 N–H and O–H groups in total. The maximum Gasteiger partial charge on any atom is 0.303 e. The van der Waals surface area contributed by atoms with E-state index in [4.69, 9.17) is 38.0 Å². The SMILES string of the molecule is C=C/C=C(\C(Cl)=C/CCl)c1cn(CC)c(/C=C/C2=CC=C(C3=CC(OCCCC(=O)O)=CCC=C3)CC=C2F)n1. The number of imidazole rings is 1. The number of aryl methyl sites for hydroxylation is 1. The molecule has 0 amide bonds. The van der Waals surface area contributed by atoms with Gasteiger partial charge in [-0.1, -0.05) is 60.7 Å². The van der Waals surface area contributed by atoms with Gasteiger partial charge in [-0.2, -0.15) is 0 Å². The van der Waals surface area contributed by atoms with E-state index in [0.29, 0.717) is 65.9 Å². The molecule has 0 saturated heterocycles. The van der Waals surface area contributed by atoms with Crippen LogP contribution in [0.1, 0.15) is 44.1 Å². The summed E-state index contributed by atoms with van der Waals surface area (Å²) in [4.78, 5) is 15.5. The summed E-state index contributed by atoms with van der Waals surface area (Å²) in [6.07, 6.45) is 25.2. The molecular formula is C32H33Cl2FN2O3. The summed E-state index contributed by atoms with van der Waals surface area (Å²) in [5.74, 6) is 0.444.